The van der Waals surface area contributed by atoms with Gasteiger partial charge in [0.25, 0.3) is 11.8 Å². The van der Waals surface area contributed by atoms with E-state index in [9.17, 15) is 9.59 Å². The molecule has 0 radical (unpaired) electrons. The van der Waals surface area contributed by atoms with Crippen molar-refractivity contribution in [2.45, 2.75) is 25.3 Å². The van der Waals surface area contributed by atoms with E-state index in [1.54, 1.807) is 42.9 Å². The van der Waals surface area contributed by atoms with E-state index in [2.05, 4.69) is 30.8 Å². The first-order valence-corrected chi connectivity index (χ1v) is 12.5. The summed E-state index contributed by atoms with van der Waals surface area (Å²) in [6.07, 6.45) is 5.10. The summed E-state index contributed by atoms with van der Waals surface area (Å²) in [5.74, 6) is 0.0367. The third kappa shape index (κ3) is 6.03. The second-order valence-corrected chi connectivity index (χ2v) is 9.31. The van der Waals surface area contributed by atoms with Crippen LogP contribution in [0.2, 0.25) is 5.02 Å². The number of nitrogens with zero attached hydrogens (tertiary/aromatic N) is 3. The Morgan fingerprint density at radius 2 is 1.97 bits per heavy atom. The first-order chi connectivity index (χ1) is 16.5. The molecule has 4 rings (SSSR count). The van der Waals surface area contributed by atoms with Crippen LogP contribution < -0.4 is 20.9 Å². The van der Waals surface area contributed by atoms with Gasteiger partial charge in [0.15, 0.2) is 5.13 Å². The predicted octanol–water partition coefficient (Wildman–Crippen LogP) is 4.12. The second kappa shape index (κ2) is 11.3. The molecule has 2 amide bonds. The molecule has 1 unspecified atom stereocenters. The molecule has 1 aliphatic heterocycles. The maximum Gasteiger partial charge on any atom is 0.270 e. The number of aromatic nitrogens is 2. The fourth-order valence-corrected chi connectivity index (χ4v) is 4.87. The van der Waals surface area contributed by atoms with Crippen LogP contribution in [0.1, 0.15) is 51.7 Å². The quantitative estimate of drug-likeness (QED) is 0.432. The van der Waals surface area contributed by atoms with Crippen molar-refractivity contribution in [3.05, 3.63) is 69.8 Å². The van der Waals surface area contributed by atoms with Gasteiger partial charge < -0.3 is 20.9 Å². The van der Waals surface area contributed by atoms with E-state index in [1.807, 2.05) is 12.1 Å². The number of halogens is 1. The Hall–Kier alpha value is -3.17. The number of piperidine rings is 1. The van der Waals surface area contributed by atoms with Crippen molar-refractivity contribution in [1.82, 2.24) is 20.6 Å². The molecule has 1 fully saturated rings. The molecule has 8 nitrogen and oxygen atoms in total. The highest BCUT2D eigenvalue weighted by molar-refractivity contribution is 7.13. The summed E-state index contributed by atoms with van der Waals surface area (Å²) in [4.78, 5) is 36.7. The van der Waals surface area contributed by atoms with Gasteiger partial charge in [0.05, 0.1) is 6.04 Å². The van der Waals surface area contributed by atoms with Crippen molar-refractivity contribution >= 4 is 45.7 Å². The summed E-state index contributed by atoms with van der Waals surface area (Å²) in [6.45, 7) is 2.13. The normalized spacial score (nSPS) is 14.4. The minimum absolute atomic E-state index is 0.186. The molecule has 1 aliphatic rings. The number of carbonyl (C=O) groups excluding carboxylic acids is 2. The molecule has 0 spiro atoms. The number of carbonyl (C=O) groups is 2. The van der Waals surface area contributed by atoms with E-state index in [0.717, 1.165) is 36.6 Å². The minimum Gasteiger partial charge on any atom is -0.373 e. The Morgan fingerprint density at radius 1 is 1.15 bits per heavy atom. The van der Waals surface area contributed by atoms with Gasteiger partial charge in [-0.1, -0.05) is 23.7 Å². The number of anilines is 2. The van der Waals surface area contributed by atoms with Crippen LogP contribution in [-0.4, -0.2) is 48.5 Å². The largest absolute Gasteiger partial charge is 0.373 e. The van der Waals surface area contributed by atoms with E-state index in [-0.39, 0.29) is 18.4 Å². The summed E-state index contributed by atoms with van der Waals surface area (Å²) in [6, 6.07) is 10.0. The highest BCUT2D eigenvalue weighted by Gasteiger charge is 2.21. The van der Waals surface area contributed by atoms with E-state index in [4.69, 9.17) is 11.6 Å². The lowest BCUT2D eigenvalue weighted by Gasteiger charge is -2.25. The van der Waals surface area contributed by atoms with Gasteiger partial charge in [0.2, 0.25) is 0 Å². The summed E-state index contributed by atoms with van der Waals surface area (Å²) < 4.78 is 0. The number of hydrogen-bond acceptors (Lipinski definition) is 7. The topological polar surface area (TPSA) is 99.2 Å². The third-order valence-electron chi connectivity index (χ3n) is 5.65. The number of thiazole rings is 1. The lowest BCUT2D eigenvalue weighted by Crippen LogP contribution is -2.38. The van der Waals surface area contributed by atoms with E-state index in [1.165, 1.54) is 17.8 Å². The highest BCUT2D eigenvalue weighted by atomic mass is 35.5. The number of nitrogens with one attached hydrogen (secondary N) is 3. The number of hydrogen-bond donors (Lipinski definition) is 3. The zero-order chi connectivity index (χ0) is 23.9. The molecule has 3 N–H and O–H groups in total. The van der Waals surface area contributed by atoms with Crippen molar-refractivity contribution in [3.8, 4) is 0 Å². The molecule has 1 saturated heterocycles. The van der Waals surface area contributed by atoms with Crippen molar-refractivity contribution in [2.24, 2.45) is 0 Å². The Kier molecular flexibility index (Phi) is 7.97. The van der Waals surface area contributed by atoms with Gasteiger partial charge >= 0.3 is 0 Å². The van der Waals surface area contributed by atoms with Gasteiger partial charge in [-0.05, 0) is 49.1 Å². The third-order valence-corrected chi connectivity index (χ3v) is 6.79. The summed E-state index contributed by atoms with van der Waals surface area (Å²) in [7, 11) is 1.74. The number of amides is 2. The second-order valence-electron chi connectivity index (χ2n) is 8.03. The molecule has 2 aromatic heterocycles. The average Bonchev–Trinajstić information content (AvgIpc) is 3.37. The summed E-state index contributed by atoms with van der Waals surface area (Å²) in [5, 5.41) is 12.0. The first kappa shape index (κ1) is 24.0. The Bertz CT molecular complexity index is 1150. The van der Waals surface area contributed by atoms with Crippen LogP contribution in [0.5, 0.6) is 0 Å². The molecular weight excluding hydrogens is 472 g/mol. The smallest absolute Gasteiger partial charge is 0.270 e. The fourth-order valence-electron chi connectivity index (χ4n) is 3.81. The van der Waals surface area contributed by atoms with Crippen molar-refractivity contribution in [1.29, 1.82) is 0 Å². The molecule has 0 saturated carbocycles. The Morgan fingerprint density at radius 3 is 2.74 bits per heavy atom. The van der Waals surface area contributed by atoms with Crippen molar-refractivity contribution < 1.29 is 9.59 Å². The van der Waals surface area contributed by atoms with Gasteiger partial charge in [-0.2, -0.15) is 0 Å². The molecule has 3 aromatic rings. The van der Waals surface area contributed by atoms with Gasteiger partial charge in [0, 0.05) is 48.8 Å². The Balaban J connectivity index is 1.46. The van der Waals surface area contributed by atoms with E-state index < -0.39 is 6.04 Å². The maximum atomic E-state index is 12.9. The molecule has 1 atom stereocenters. The zero-order valence-electron chi connectivity index (χ0n) is 18.9. The van der Waals surface area contributed by atoms with Gasteiger partial charge in [-0.25, -0.2) is 9.97 Å². The van der Waals surface area contributed by atoms with Crippen LogP contribution in [0.3, 0.4) is 0 Å². The van der Waals surface area contributed by atoms with Crippen LogP contribution in [0.25, 0.3) is 0 Å². The van der Waals surface area contributed by atoms with Crippen LogP contribution in [0.15, 0.2) is 48.0 Å². The molecule has 0 bridgehead atoms. The SMILES string of the molecule is CNc1cc(C(=O)NC(CNC(=O)c2csc(N3CCCCC3)n2)c2cccc(Cl)c2)ccn1. The fraction of sp³-hybridized carbons (Fsp3) is 0.333. The first-order valence-electron chi connectivity index (χ1n) is 11.2. The molecule has 178 valence electrons. The number of rotatable bonds is 8. The van der Waals surface area contributed by atoms with Crippen LogP contribution >= 0.6 is 22.9 Å². The highest BCUT2D eigenvalue weighted by Crippen LogP contribution is 2.24. The van der Waals surface area contributed by atoms with Gasteiger partial charge in [-0.15, -0.1) is 11.3 Å². The van der Waals surface area contributed by atoms with Gasteiger partial charge in [-0.3, -0.25) is 9.59 Å². The van der Waals surface area contributed by atoms with E-state index >= 15 is 0 Å². The monoisotopic (exact) mass is 498 g/mol. The lowest BCUT2D eigenvalue weighted by molar-refractivity contribution is 0.0907. The number of pyridine rings is 1. The standard InChI is InChI=1S/C24H27ClN6O2S/c1-26-21-13-17(8-9-27-21)22(32)29-19(16-6-5-7-18(25)12-16)14-28-23(33)20-15-34-24(30-20)31-10-3-2-4-11-31/h5-9,12-13,15,19H,2-4,10-11,14H2,1H3,(H,26,27)(H,28,33)(H,29,32). The van der Waals surface area contributed by atoms with Crippen LogP contribution in [0, 0.1) is 0 Å². The molecule has 0 aliphatic carbocycles. The number of benzene rings is 1. The minimum atomic E-state index is -0.485. The molecule has 34 heavy (non-hydrogen) atoms. The Labute approximate surface area is 207 Å². The van der Waals surface area contributed by atoms with Crippen molar-refractivity contribution in [3.63, 3.8) is 0 Å². The molecule has 10 heteroatoms. The van der Waals surface area contributed by atoms with Crippen molar-refractivity contribution in [2.75, 3.05) is 36.9 Å². The van der Waals surface area contributed by atoms with E-state index in [0.29, 0.717) is 22.1 Å². The molecule has 3 heterocycles. The summed E-state index contributed by atoms with van der Waals surface area (Å²) >= 11 is 7.67. The van der Waals surface area contributed by atoms with Gasteiger partial charge in [0.1, 0.15) is 11.5 Å². The zero-order valence-corrected chi connectivity index (χ0v) is 20.5. The van der Waals surface area contributed by atoms with Crippen LogP contribution in [-0.2, 0) is 0 Å². The maximum absolute atomic E-state index is 12.9. The molecule has 1 aromatic carbocycles. The lowest BCUT2D eigenvalue weighted by atomic mass is 10.1. The molecular formula is C24H27ClN6O2S. The van der Waals surface area contributed by atoms with Crippen LogP contribution in [0.4, 0.5) is 10.9 Å². The summed E-state index contributed by atoms with van der Waals surface area (Å²) in [5.41, 5.74) is 1.63. The predicted molar refractivity (Wildman–Crippen MR) is 136 cm³/mol. The average molecular weight is 499 g/mol.